The minimum Gasteiger partial charge on any atom is -0.497 e. The minimum absolute atomic E-state index is 0.667. The molecule has 0 aliphatic heterocycles. The van der Waals surface area contributed by atoms with Crippen molar-refractivity contribution in [3.63, 3.8) is 0 Å². The standard InChI is InChI=1S/C8H8O2.C7H6O/c1-10-8-4-2-7(6-9)3-5-8;8-6-7-4-2-1-3-5-7/h2-6H,1H3;1-6H. The predicted molar refractivity (Wildman–Crippen MR) is 70.2 cm³/mol. The smallest absolute Gasteiger partial charge is 0.150 e. The molecule has 0 atom stereocenters. The van der Waals surface area contributed by atoms with Crippen LogP contribution in [0.15, 0.2) is 54.6 Å². The number of rotatable bonds is 3. The van der Waals surface area contributed by atoms with E-state index in [0.29, 0.717) is 5.56 Å². The molecule has 2 aromatic rings. The van der Waals surface area contributed by atoms with Crippen molar-refractivity contribution in [3.05, 3.63) is 65.7 Å². The van der Waals surface area contributed by atoms with Crippen LogP contribution >= 0.6 is 0 Å². The van der Waals surface area contributed by atoms with Crippen molar-refractivity contribution >= 4 is 12.6 Å². The summed E-state index contributed by atoms with van der Waals surface area (Å²) in [6.07, 6.45) is 1.64. The Labute approximate surface area is 106 Å². The number of carbonyl (C=O) groups is 2. The van der Waals surface area contributed by atoms with Gasteiger partial charge in [0.15, 0.2) is 0 Å². The lowest BCUT2D eigenvalue weighted by atomic mass is 10.2. The predicted octanol–water partition coefficient (Wildman–Crippen LogP) is 3.01. The van der Waals surface area contributed by atoms with Gasteiger partial charge in [-0.2, -0.15) is 0 Å². The first-order valence-electron chi connectivity index (χ1n) is 5.39. The molecule has 2 rings (SSSR count). The van der Waals surface area contributed by atoms with Crippen LogP contribution in [0.25, 0.3) is 0 Å². The molecular formula is C15H14O3. The van der Waals surface area contributed by atoms with Crippen LogP contribution < -0.4 is 4.74 Å². The van der Waals surface area contributed by atoms with Gasteiger partial charge in [0.25, 0.3) is 0 Å². The Kier molecular flexibility index (Phi) is 5.90. The zero-order valence-corrected chi connectivity index (χ0v) is 10.1. The highest BCUT2D eigenvalue weighted by Crippen LogP contribution is 2.09. The number of aldehydes is 2. The second kappa shape index (κ2) is 7.79. The molecule has 0 amide bonds. The highest BCUT2D eigenvalue weighted by atomic mass is 16.5. The summed E-state index contributed by atoms with van der Waals surface area (Å²) in [5.41, 5.74) is 1.40. The normalized spacial score (nSPS) is 8.72. The lowest BCUT2D eigenvalue weighted by molar-refractivity contribution is 0.111. The van der Waals surface area contributed by atoms with Gasteiger partial charge in [0.1, 0.15) is 18.3 Å². The molecular weight excluding hydrogens is 228 g/mol. The van der Waals surface area contributed by atoms with E-state index in [9.17, 15) is 9.59 Å². The third kappa shape index (κ3) is 4.61. The minimum atomic E-state index is 0.667. The summed E-state index contributed by atoms with van der Waals surface area (Å²) in [6.45, 7) is 0. The number of hydrogen-bond acceptors (Lipinski definition) is 3. The summed E-state index contributed by atoms with van der Waals surface area (Å²) in [5, 5.41) is 0. The van der Waals surface area contributed by atoms with Crippen molar-refractivity contribution in [3.8, 4) is 5.75 Å². The average molecular weight is 242 g/mol. The molecule has 0 bridgehead atoms. The zero-order valence-electron chi connectivity index (χ0n) is 10.1. The van der Waals surface area contributed by atoms with E-state index in [2.05, 4.69) is 0 Å². The van der Waals surface area contributed by atoms with Crippen LogP contribution in [-0.2, 0) is 0 Å². The Balaban J connectivity index is 0.000000184. The summed E-state index contributed by atoms with van der Waals surface area (Å²) in [5.74, 6) is 0.769. The molecule has 2 aromatic carbocycles. The maximum Gasteiger partial charge on any atom is 0.150 e. The van der Waals surface area contributed by atoms with E-state index in [0.717, 1.165) is 23.9 Å². The Morgan fingerprint density at radius 2 is 1.28 bits per heavy atom. The van der Waals surface area contributed by atoms with Gasteiger partial charge in [0.05, 0.1) is 7.11 Å². The van der Waals surface area contributed by atoms with Crippen LogP contribution in [0.2, 0.25) is 0 Å². The zero-order chi connectivity index (χ0) is 13.2. The van der Waals surface area contributed by atoms with Gasteiger partial charge in [-0.05, 0) is 24.3 Å². The molecule has 0 N–H and O–H groups in total. The fraction of sp³-hybridized carbons (Fsp3) is 0.0667. The summed E-state index contributed by atoms with van der Waals surface area (Å²) < 4.78 is 4.90. The highest BCUT2D eigenvalue weighted by Gasteiger charge is 1.89. The first-order chi connectivity index (χ1) is 8.80. The van der Waals surface area contributed by atoms with Gasteiger partial charge < -0.3 is 4.74 Å². The molecule has 0 saturated heterocycles. The molecule has 18 heavy (non-hydrogen) atoms. The SMILES string of the molecule is COc1ccc(C=O)cc1.O=Cc1ccccc1. The van der Waals surface area contributed by atoms with E-state index < -0.39 is 0 Å². The van der Waals surface area contributed by atoms with Crippen molar-refractivity contribution < 1.29 is 14.3 Å². The number of ether oxygens (including phenoxy) is 1. The van der Waals surface area contributed by atoms with E-state index >= 15 is 0 Å². The van der Waals surface area contributed by atoms with Crippen molar-refractivity contribution in [2.75, 3.05) is 7.11 Å². The number of carbonyl (C=O) groups excluding carboxylic acids is 2. The quantitative estimate of drug-likeness (QED) is 0.777. The van der Waals surface area contributed by atoms with Crippen LogP contribution in [-0.4, -0.2) is 19.7 Å². The second-order valence-electron chi connectivity index (χ2n) is 3.42. The van der Waals surface area contributed by atoms with E-state index in [1.54, 1.807) is 43.5 Å². The van der Waals surface area contributed by atoms with Crippen LogP contribution in [0.1, 0.15) is 20.7 Å². The van der Waals surface area contributed by atoms with Crippen molar-refractivity contribution in [1.29, 1.82) is 0 Å². The number of methoxy groups -OCH3 is 1. The summed E-state index contributed by atoms with van der Waals surface area (Å²) in [7, 11) is 1.59. The van der Waals surface area contributed by atoms with Gasteiger partial charge in [-0.3, -0.25) is 9.59 Å². The topological polar surface area (TPSA) is 43.4 Å². The van der Waals surface area contributed by atoms with E-state index in [1.807, 2.05) is 18.2 Å². The monoisotopic (exact) mass is 242 g/mol. The molecule has 3 nitrogen and oxygen atoms in total. The maximum absolute atomic E-state index is 10.2. The first kappa shape index (κ1) is 13.6. The third-order valence-corrected chi connectivity index (χ3v) is 2.19. The fourth-order valence-electron chi connectivity index (χ4n) is 1.21. The number of benzene rings is 2. The van der Waals surface area contributed by atoms with Crippen molar-refractivity contribution in [1.82, 2.24) is 0 Å². The van der Waals surface area contributed by atoms with Gasteiger partial charge in [-0.15, -0.1) is 0 Å². The third-order valence-electron chi connectivity index (χ3n) is 2.19. The largest absolute Gasteiger partial charge is 0.497 e. The first-order valence-corrected chi connectivity index (χ1v) is 5.39. The lowest BCUT2D eigenvalue weighted by Gasteiger charge is -1.96. The van der Waals surface area contributed by atoms with Crippen LogP contribution in [0.4, 0.5) is 0 Å². The van der Waals surface area contributed by atoms with Gasteiger partial charge in [-0.1, -0.05) is 30.3 Å². The van der Waals surface area contributed by atoms with E-state index in [-0.39, 0.29) is 0 Å². The Bertz CT molecular complexity index is 475. The highest BCUT2D eigenvalue weighted by molar-refractivity contribution is 5.75. The maximum atomic E-state index is 10.2. The van der Waals surface area contributed by atoms with E-state index in [4.69, 9.17) is 4.74 Å². The molecule has 0 spiro atoms. The Morgan fingerprint density at radius 3 is 1.67 bits per heavy atom. The van der Waals surface area contributed by atoms with Gasteiger partial charge >= 0.3 is 0 Å². The molecule has 0 aromatic heterocycles. The summed E-state index contributed by atoms with van der Waals surface area (Å²) in [4.78, 5) is 20.2. The number of hydrogen-bond donors (Lipinski definition) is 0. The molecule has 0 fully saturated rings. The van der Waals surface area contributed by atoms with Crippen LogP contribution in [0.5, 0.6) is 5.75 Å². The molecule has 0 aliphatic rings. The summed E-state index contributed by atoms with van der Waals surface area (Å²) >= 11 is 0. The van der Waals surface area contributed by atoms with Gasteiger partial charge in [0, 0.05) is 11.1 Å². The molecule has 0 heterocycles. The second-order valence-corrected chi connectivity index (χ2v) is 3.42. The summed E-state index contributed by atoms with van der Waals surface area (Å²) in [6, 6.07) is 16.0. The van der Waals surface area contributed by atoms with Crippen molar-refractivity contribution in [2.24, 2.45) is 0 Å². The Morgan fingerprint density at radius 1 is 0.778 bits per heavy atom. The van der Waals surface area contributed by atoms with Gasteiger partial charge in [-0.25, -0.2) is 0 Å². The molecule has 3 heteroatoms. The average Bonchev–Trinajstić information content (AvgIpc) is 2.49. The Hall–Kier alpha value is -2.42. The molecule has 0 aliphatic carbocycles. The van der Waals surface area contributed by atoms with Crippen molar-refractivity contribution in [2.45, 2.75) is 0 Å². The lowest BCUT2D eigenvalue weighted by Crippen LogP contribution is -1.82. The molecule has 92 valence electrons. The molecule has 0 saturated carbocycles. The molecule has 0 unspecified atom stereocenters. The van der Waals surface area contributed by atoms with Gasteiger partial charge in [0.2, 0.25) is 0 Å². The van der Waals surface area contributed by atoms with Crippen LogP contribution in [0, 0.1) is 0 Å². The fourth-order valence-corrected chi connectivity index (χ4v) is 1.21. The van der Waals surface area contributed by atoms with E-state index in [1.165, 1.54) is 0 Å². The van der Waals surface area contributed by atoms with Crippen LogP contribution in [0.3, 0.4) is 0 Å². The molecule has 0 radical (unpaired) electrons.